The molecule has 4 aromatic rings. The number of fused-ring (bicyclic) bond motifs is 1. The molecule has 0 radical (unpaired) electrons. The lowest BCUT2D eigenvalue weighted by Gasteiger charge is -2.07. The number of anilines is 2. The molecule has 2 aromatic heterocycles. The molecule has 0 saturated carbocycles. The summed E-state index contributed by atoms with van der Waals surface area (Å²) in [5, 5.41) is 8.61. The number of hydrogen-bond acceptors (Lipinski definition) is 4. The molecule has 0 bridgehead atoms. The number of aromatic nitrogens is 4. The molecule has 6 heteroatoms. The molecule has 0 saturated heterocycles. The van der Waals surface area contributed by atoms with Crippen LogP contribution in [0.2, 0.25) is 0 Å². The number of halogens is 1. The van der Waals surface area contributed by atoms with E-state index < -0.39 is 0 Å². The van der Waals surface area contributed by atoms with Gasteiger partial charge in [-0.1, -0.05) is 24.3 Å². The van der Waals surface area contributed by atoms with Gasteiger partial charge in [0, 0.05) is 5.69 Å². The van der Waals surface area contributed by atoms with Gasteiger partial charge in [-0.2, -0.15) is 5.10 Å². The largest absolute Gasteiger partial charge is 0.340 e. The van der Waals surface area contributed by atoms with Crippen LogP contribution < -0.4 is 5.32 Å². The molecule has 0 aliphatic carbocycles. The molecule has 2 heterocycles. The number of benzene rings is 2. The summed E-state index contributed by atoms with van der Waals surface area (Å²) in [6.45, 7) is 1.89. The Bertz CT molecular complexity index is 1010. The molecular weight excluding hydrogens is 305 g/mol. The minimum Gasteiger partial charge on any atom is -0.340 e. The van der Waals surface area contributed by atoms with Crippen molar-refractivity contribution >= 4 is 22.5 Å². The average molecular weight is 319 g/mol. The first-order valence-electron chi connectivity index (χ1n) is 7.51. The summed E-state index contributed by atoms with van der Waals surface area (Å²) >= 11 is 0. The zero-order valence-corrected chi connectivity index (χ0v) is 12.9. The number of para-hydroxylation sites is 1. The summed E-state index contributed by atoms with van der Waals surface area (Å²) in [7, 11) is 0. The van der Waals surface area contributed by atoms with E-state index in [0.717, 1.165) is 16.8 Å². The van der Waals surface area contributed by atoms with Crippen LogP contribution in [-0.4, -0.2) is 19.7 Å². The van der Waals surface area contributed by atoms with E-state index in [1.54, 1.807) is 16.8 Å². The fraction of sp³-hybridized carbons (Fsp3) is 0.0556. The standard InChI is InChI=1S/C18H14FN5/c1-12-16-17(22-14-7-3-2-4-8-14)20-11-21-18(16)24(23-12)15-9-5-6-13(19)10-15/h2-11H,1H3,(H,20,21,22). The van der Waals surface area contributed by atoms with Gasteiger partial charge in [-0.3, -0.25) is 0 Å². The van der Waals surface area contributed by atoms with Gasteiger partial charge in [-0.15, -0.1) is 0 Å². The first-order valence-corrected chi connectivity index (χ1v) is 7.51. The second kappa shape index (κ2) is 5.73. The van der Waals surface area contributed by atoms with Crippen molar-refractivity contribution in [3.63, 3.8) is 0 Å². The molecule has 0 fully saturated rings. The molecule has 0 atom stereocenters. The van der Waals surface area contributed by atoms with Crippen LogP contribution in [0.3, 0.4) is 0 Å². The Hall–Kier alpha value is -3.28. The number of hydrogen-bond donors (Lipinski definition) is 1. The van der Waals surface area contributed by atoms with E-state index in [4.69, 9.17) is 0 Å². The fourth-order valence-electron chi connectivity index (χ4n) is 2.66. The summed E-state index contributed by atoms with van der Waals surface area (Å²) in [6.07, 6.45) is 1.48. The third kappa shape index (κ3) is 2.48. The van der Waals surface area contributed by atoms with Gasteiger partial charge in [0.05, 0.1) is 16.8 Å². The minimum absolute atomic E-state index is 0.314. The van der Waals surface area contributed by atoms with E-state index in [-0.39, 0.29) is 5.82 Å². The first-order chi connectivity index (χ1) is 11.7. The summed E-state index contributed by atoms with van der Waals surface area (Å²) < 4.78 is 15.2. The Morgan fingerprint density at radius 3 is 2.62 bits per heavy atom. The summed E-state index contributed by atoms with van der Waals surface area (Å²) in [6, 6.07) is 16.0. The van der Waals surface area contributed by atoms with Crippen LogP contribution >= 0.6 is 0 Å². The predicted octanol–water partition coefficient (Wildman–Crippen LogP) is 4.01. The van der Waals surface area contributed by atoms with Crippen molar-refractivity contribution in [1.82, 2.24) is 19.7 Å². The van der Waals surface area contributed by atoms with Crippen LogP contribution in [0.4, 0.5) is 15.9 Å². The fourth-order valence-corrected chi connectivity index (χ4v) is 2.66. The Morgan fingerprint density at radius 2 is 1.83 bits per heavy atom. The van der Waals surface area contributed by atoms with Gasteiger partial charge < -0.3 is 5.32 Å². The van der Waals surface area contributed by atoms with E-state index in [2.05, 4.69) is 20.4 Å². The highest BCUT2D eigenvalue weighted by atomic mass is 19.1. The van der Waals surface area contributed by atoms with Gasteiger partial charge in [-0.05, 0) is 37.3 Å². The molecule has 4 rings (SSSR count). The monoisotopic (exact) mass is 319 g/mol. The van der Waals surface area contributed by atoms with E-state index in [0.29, 0.717) is 17.2 Å². The smallest absolute Gasteiger partial charge is 0.168 e. The zero-order valence-electron chi connectivity index (χ0n) is 12.9. The van der Waals surface area contributed by atoms with Crippen LogP contribution in [0.25, 0.3) is 16.7 Å². The van der Waals surface area contributed by atoms with Crippen molar-refractivity contribution in [2.24, 2.45) is 0 Å². The van der Waals surface area contributed by atoms with Crippen LogP contribution in [0.5, 0.6) is 0 Å². The van der Waals surface area contributed by atoms with Gasteiger partial charge in [0.1, 0.15) is 18.0 Å². The lowest BCUT2D eigenvalue weighted by molar-refractivity contribution is 0.625. The second-order valence-electron chi connectivity index (χ2n) is 5.39. The number of nitrogens with zero attached hydrogens (tertiary/aromatic N) is 4. The van der Waals surface area contributed by atoms with E-state index in [9.17, 15) is 4.39 Å². The van der Waals surface area contributed by atoms with E-state index >= 15 is 0 Å². The molecule has 24 heavy (non-hydrogen) atoms. The molecule has 0 spiro atoms. The van der Waals surface area contributed by atoms with Gasteiger partial charge in [0.15, 0.2) is 5.65 Å². The van der Waals surface area contributed by atoms with Crippen LogP contribution in [0, 0.1) is 12.7 Å². The van der Waals surface area contributed by atoms with Crippen molar-refractivity contribution in [2.75, 3.05) is 5.32 Å². The van der Waals surface area contributed by atoms with E-state index in [1.807, 2.05) is 37.3 Å². The average Bonchev–Trinajstić information content (AvgIpc) is 2.94. The van der Waals surface area contributed by atoms with Crippen LogP contribution in [-0.2, 0) is 0 Å². The van der Waals surface area contributed by atoms with Crippen molar-refractivity contribution in [3.05, 3.63) is 72.4 Å². The van der Waals surface area contributed by atoms with Crippen molar-refractivity contribution < 1.29 is 4.39 Å². The highest BCUT2D eigenvalue weighted by molar-refractivity contribution is 5.91. The molecular formula is C18H14FN5. The van der Waals surface area contributed by atoms with Crippen molar-refractivity contribution in [2.45, 2.75) is 6.92 Å². The first kappa shape index (κ1) is 14.3. The quantitative estimate of drug-likeness (QED) is 0.620. The Labute approximate surface area is 137 Å². The topological polar surface area (TPSA) is 55.6 Å². The number of aryl methyl sites for hydroxylation is 1. The molecule has 0 unspecified atom stereocenters. The minimum atomic E-state index is -0.314. The normalized spacial score (nSPS) is 10.9. The third-order valence-electron chi connectivity index (χ3n) is 3.73. The van der Waals surface area contributed by atoms with Crippen molar-refractivity contribution in [1.29, 1.82) is 0 Å². The summed E-state index contributed by atoms with van der Waals surface area (Å²) in [5.74, 6) is 0.358. The molecule has 0 amide bonds. The number of rotatable bonds is 3. The van der Waals surface area contributed by atoms with Gasteiger partial charge >= 0.3 is 0 Å². The Balaban J connectivity index is 1.87. The predicted molar refractivity (Wildman–Crippen MR) is 91.1 cm³/mol. The summed E-state index contributed by atoms with van der Waals surface area (Å²) in [4.78, 5) is 8.68. The maximum atomic E-state index is 13.5. The second-order valence-corrected chi connectivity index (χ2v) is 5.39. The molecule has 0 aliphatic rings. The van der Waals surface area contributed by atoms with Crippen molar-refractivity contribution in [3.8, 4) is 5.69 Å². The van der Waals surface area contributed by atoms with Crippen LogP contribution in [0.15, 0.2) is 60.9 Å². The molecule has 0 aliphatic heterocycles. The van der Waals surface area contributed by atoms with Gasteiger partial charge in [-0.25, -0.2) is 19.0 Å². The molecule has 2 aromatic carbocycles. The van der Waals surface area contributed by atoms with E-state index in [1.165, 1.54) is 18.5 Å². The van der Waals surface area contributed by atoms with Crippen LogP contribution in [0.1, 0.15) is 5.69 Å². The highest BCUT2D eigenvalue weighted by Crippen LogP contribution is 2.27. The maximum Gasteiger partial charge on any atom is 0.168 e. The van der Waals surface area contributed by atoms with Gasteiger partial charge in [0.2, 0.25) is 0 Å². The molecule has 1 N–H and O–H groups in total. The number of nitrogens with one attached hydrogen (secondary N) is 1. The Morgan fingerprint density at radius 1 is 1.00 bits per heavy atom. The third-order valence-corrected chi connectivity index (χ3v) is 3.73. The SMILES string of the molecule is Cc1nn(-c2cccc(F)c2)c2ncnc(Nc3ccccc3)c12. The zero-order chi connectivity index (χ0) is 16.5. The molecule has 118 valence electrons. The summed E-state index contributed by atoms with van der Waals surface area (Å²) in [5.41, 5.74) is 2.95. The highest BCUT2D eigenvalue weighted by Gasteiger charge is 2.15. The lowest BCUT2D eigenvalue weighted by atomic mass is 10.2. The van der Waals surface area contributed by atoms with Gasteiger partial charge in [0.25, 0.3) is 0 Å². The molecule has 5 nitrogen and oxygen atoms in total. The lowest BCUT2D eigenvalue weighted by Crippen LogP contribution is -1.99. The maximum absolute atomic E-state index is 13.5. The Kier molecular flexibility index (Phi) is 3.42.